The Morgan fingerprint density at radius 3 is 2.30 bits per heavy atom. The van der Waals surface area contributed by atoms with Gasteiger partial charge in [0.25, 0.3) is 0 Å². The lowest BCUT2D eigenvalue weighted by Gasteiger charge is -2.34. The van der Waals surface area contributed by atoms with Gasteiger partial charge < -0.3 is 25.4 Å². The Kier molecular flexibility index (Phi) is 11.2. The number of nitrogens with zero attached hydrogens (tertiary/aromatic N) is 1. The number of amides is 3. The van der Waals surface area contributed by atoms with Crippen LogP contribution in [-0.2, 0) is 20.7 Å². The minimum absolute atomic E-state index is 0.0454. The molecule has 8 nitrogen and oxygen atoms in total. The first-order valence-electron chi connectivity index (χ1n) is 12.6. The van der Waals surface area contributed by atoms with Crippen LogP contribution in [0.4, 0.5) is 4.79 Å². The molecule has 2 aromatic carbocycles. The molecule has 2 rings (SSSR count). The Labute approximate surface area is 219 Å². The second-order valence-electron chi connectivity index (χ2n) is 9.81. The van der Waals surface area contributed by atoms with Crippen molar-refractivity contribution in [1.82, 2.24) is 15.5 Å². The van der Waals surface area contributed by atoms with Crippen LogP contribution in [-0.4, -0.2) is 52.6 Å². The molecule has 0 aliphatic heterocycles. The van der Waals surface area contributed by atoms with Crippen LogP contribution in [0.2, 0.25) is 0 Å². The van der Waals surface area contributed by atoms with Gasteiger partial charge in [-0.15, -0.1) is 6.58 Å². The molecule has 200 valence electrons. The van der Waals surface area contributed by atoms with Crippen molar-refractivity contribution >= 4 is 17.9 Å². The van der Waals surface area contributed by atoms with Crippen LogP contribution in [0.25, 0.3) is 0 Å². The second-order valence-corrected chi connectivity index (χ2v) is 9.81. The summed E-state index contributed by atoms with van der Waals surface area (Å²) in [4.78, 5) is 41.5. The fourth-order valence-electron chi connectivity index (χ4n) is 3.78. The number of rotatable bonds is 12. The van der Waals surface area contributed by atoms with E-state index in [0.29, 0.717) is 12.1 Å². The number of ether oxygens (including phenoxy) is 1. The summed E-state index contributed by atoms with van der Waals surface area (Å²) in [5.74, 6) is -0.771. The Balaban J connectivity index is 2.47. The minimum atomic E-state index is -1.000. The van der Waals surface area contributed by atoms with Gasteiger partial charge in [0.05, 0.1) is 0 Å². The number of hydrogen-bond donors (Lipinski definition) is 3. The normalized spacial score (nSPS) is 12.6. The van der Waals surface area contributed by atoms with Crippen LogP contribution in [0.15, 0.2) is 67.3 Å². The smallest absolute Gasteiger partial charge is 0.408 e. The van der Waals surface area contributed by atoms with E-state index in [0.717, 1.165) is 18.4 Å². The zero-order chi connectivity index (χ0) is 27.4. The highest BCUT2D eigenvalue weighted by Crippen LogP contribution is 2.25. The third-order valence-corrected chi connectivity index (χ3v) is 5.48. The number of carbonyl (C=O) groups excluding carboxylic acids is 3. The largest absolute Gasteiger partial charge is 0.508 e. The molecule has 3 amide bonds. The summed E-state index contributed by atoms with van der Waals surface area (Å²) in [5, 5.41) is 15.4. The lowest BCUT2D eigenvalue weighted by Crippen LogP contribution is -2.53. The lowest BCUT2D eigenvalue weighted by molar-refractivity contribution is -0.141. The molecular weight excluding hydrogens is 470 g/mol. The van der Waals surface area contributed by atoms with Gasteiger partial charge in [0.15, 0.2) is 0 Å². The van der Waals surface area contributed by atoms with Crippen molar-refractivity contribution in [3.63, 3.8) is 0 Å². The molecule has 0 radical (unpaired) electrons. The number of phenolic OH excluding ortho intramolecular Hbond substituents is 1. The summed E-state index contributed by atoms with van der Waals surface area (Å²) in [6.07, 6.45) is 2.71. The van der Waals surface area contributed by atoms with E-state index < -0.39 is 29.7 Å². The summed E-state index contributed by atoms with van der Waals surface area (Å²) >= 11 is 0. The van der Waals surface area contributed by atoms with Gasteiger partial charge in [-0.2, -0.15) is 0 Å². The van der Waals surface area contributed by atoms with Crippen LogP contribution in [0.5, 0.6) is 5.75 Å². The molecule has 2 atom stereocenters. The molecule has 2 unspecified atom stereocenters. The zero-order valence-electron chi connectivity index (χ0n) is 22.2. The highest BCUT2D eigenvalue weighted by atomic mass is 16.6. The Morgan fingerprint density at radius 2 is 1.73 bits per heavy atom. The number of unbranched alkanes of at least 4 members (excludes halogenated alkanes) is 1. The van der Waals surface area contributed by atoms with E-state index in [1.807, 2.05) is 37.3 Å². The molecule has 3 N–H and O–H groups in total. The highest BCUT2D eigenvalue weighted by Gasteiger charge is 2.35. The van der Waals surface area contributed by atoms with Crippen molar-refractivity contribution in [2.45, 2.75) is 64.6 Å². The zero-order valence-corrected chi connectivity index (χ0v) is 22.2. The summed E-state index contributed by atoms with van der Waals surface area (Å²) in [5.41, 5.74) is 0.612. The van der Waals surface area contributed by atoms with Gasteiger partial charge >= 0.3 is 6.09 Å². The molecule has 0 aliphatic carbocycles. The molecule has 0 spiro atoms. The van der Waals surface area contributed by atoms with Gasteiger partial charge in [0, 0.05) is 19.5 Å². The SMILES string of the molecule is C=CCN(C(=O)C(Cc1ccccc1)NC(=O)OC(C)(C)C)C(C(=O)NCCCC)c1ccc(O)cc1. The topological polar surface area (TPSA) is 108 Å². The number of phenols is 1. The monoisotopic (exact) mass is 509 g/mol. The van der Waals surface area contributed by atoms with Crippen LogP contribution in [0.1, 0.15) is 57.7 Å². The predicted octanol–water partition coefficient (Wildman–Crippen LogP) is 4.50. The second kappa shape index (κ2) is 14.1. The number of aromatic hydroxyl groups is 1. The molecule has 0 aromatic heterocycles. The van der Waals surface area contributed by atoms with Crippen molar-refractivity contribution in [2.24, 2.45) is 0 Å². The van der Waals surface area contributed by atoms with E-state index in [-0.39, 0.29) is 24.6 Å². The molecule has 37 heavy (non-hydrogen) atoms. The van der Waals surface area contributed by atoms with Crippen LogP contribution in [0, 0.1) is 0 Å². The van der Waals surface area contributed by atoms with Gasteiger partial charge in [-0.3, -0.25) is 9.59 Å². The van der Waals surface area contributed by atoms with E-state index in [4.69, 9.17) is 4.74 Å². The van der Waals surface area contributed by atoms with Gasteiger partial charge in [-0.25, -0.2) is 4.79 Å². The fraction of sp³-hybridized carbons (Fsp3) is 0.414. The van der Waals surface area contributed by atoms with Gasteiger partial charge in [-0.1, -0.05) is 61.9 Å². The average molecular weight is 510 g/mol. The first-order valence-corrected chi connectivity index (χ1v) is 12.6. The molecule has 0 bridgehead atoms. The molecule has 0 heterocycles. The number of carbonyl (C=O) groups is 3. The van der Waals surface area contributed by atoms with Crippen molar-refractivity contribution in [1.29, 1.82) is 0 Å². The third-order valence-electron chi connectivity index (χ3n) is 5.48. The maximum absolute atomic E-state index is 14.0. The lowest BCUT2D eigenvalue weighted by atomic mass is 10.00. The fourth-order valence-corrected chi connectivity index (χ4v) is 3.78. The van der Waals surface area contributed by atoms with Crippen LogP contribution in [0.3, 0.4) is 0 Å². The minimum Gasteiger partial charge on any atom is -0.508 e. The van der Waals surface area contributed by atoms with Crippen molar-refractivity contribution in [2.75, 3.05) is 13.1 Å². The molecule has 0 saturated heterocycles. The first kappa shape index (κ1) is 29.4. The number of hydrogen-bond acceptors (Lipinski definition) is 5. The first-order chi connectivity index (χ1) is 17.6. The summed E-state index contributed by atoms with van der Waals surface area (Å²) in [7, 11) is 0. The van der Waals surface area contributed by atoms with Gasteiger partial charge in [0.2, 0.25) is 11.8 Å². The van der Waals surface area contributed by atoms with Crippen molar-refractivity contribution < 1.29 is 24.2 Å². The quantitative estimate of drug-likeness (QED) is 0.288. The highest BCUT2D eigenvalue weighted by molar-refractivity contribution is 5.92. The van der Waals surface area contributed by atoms with Gasteiger partial charge in [-0.05, 0) is 50.5 Å². The standard InChI is InChI=1S/C29H39N3O5/c1-6-8-18-30-26(34)25(22-14-16-23(33)17-15-22)32(19-7-2)27(35)24(20-21-12-10-9-11-13-21)31-28(36)37-29(3,4)5/h7,9-17,24-25,33H,2,6,8,18-20H2,1,3-5H3,(H,30,34)(H,31,36). The molecule has 0 aliphatic rings. The molecule has 2 aromatic rings. The maximum Gasteiger partial charge on any atom is 0.408 e. The summed E-state index contributed by atoms with van der Waals surface area (Å²) in [6, 6.07) is 13.5. The molecule has 0 fully saturated rings. The van der Waals surface area contributed by atoms with Crippen LogP contribution >= 0.6 is 0 Å². The van der Waals surface area contributed by atoms with E-state index in [1.54, 1.807) is 32.9 Å². The summed E-state index contributed by atoms with van der Waals surface area (Å²) < 4.78 is 5.42. The van der Waals surface area contributed by atoms with Gasteiger partial charge in [0.1, 0.15) is 23.4 Å². The molecule has 8 heteroatoms. The number of alkyl carbamates (subject to hydrolysis) is 1. The Bertz CT molecular complexity index is 1030. The molecule has 0 saturated carbocycles. The average Bonchev–Trinajstić information content (AvgIpc) is 2.83. The number of benzene rings is 2. The van der Waals surface area contributed by atoms with E-state index in [2.05, 4.69) is 17.2 Å². The Morgan fingerprint density at radius 1 is 1.08 bits per heavy atom. The Hall–Kier alpha value is -3.81. The number of nitrogens with one attached hydrogen (secondary N) is 2. The third kappa shape index (κ3) is 9.63. The van der Waals surface area contributed by atoms with Crippen molar-refractivity contribution in [3.05, 3.63) is 78.4 Å². The predicted molar refractivity (Wildman–Crippen MR) is 144 cm³/mol. The maximum atomic E-state index is 14.0. The van der Waals surface area contributed by atoms with E-state index in [1.165, 1.54) is 23.1 Å². The van der Waals surface area contributed by atoms with Crippen molar-refractivity contribution in [3.8, 4) is 5.75 Å². The van der Waals surface area contributed by atoms with E-state index in [9.17, 15) is 19.5 Å². The van der Waals surface area contributed by atoms with Crippen LogP contribution < -0.4 is 10.6 Å². The molecular formula is C29H39N3O5. The van der Waals surface area contributed by atoms with E-state index >= 15 is 0 Å². The summed E-state index contributed by atoms with van der Waals surface area (Å²) in [6.45, 7) is 11.6.